The van der Waals surface area contributed by atoms with E-state index in [1.807, 2.05) is 0 Å². The highest BCUT2D eigenvalue weighted by Crippen LogP contribution is 2.51. The Morgan fingerprint density at radius 1 is 1.22 bits per heavy atom. The van der Waals surface area contributed by atoms with Crippen LogP contribution in [0.2, 0.25) is 0 Å². The highest BCUT2D eigenvalue weighted by molar-refractivity contribution is 9.10. The van der Waals surface area contributed by atoms with E-state index < -0.39 is 0 Å². The molecule has 2 aliphatic rings. The van der Waals surface area contributed by atoms with Crippen LogP contribution in [0.4, 0.5) is 0 Å². The third-order valence-electron chi connectivity index (χ3n) is 4.85. The van der Waals surface area contributed by atoms with Gasteiger partial charge in [0.05, 0.1) is 0 Å². The number of benzene rings is 1. The smallest absolute Gasteiger partial charge is 0.0175 e. The monoisotopic (exact) mass is 307 g/mol. The van der Waals surface area contributed by atoms with Gasteiger partial charge in [0.2, 0.25) is 0 Å². The van der Waals surface area contributed by atoms with Crippen molar-refractivity contribution in [1.82, 2.24) is 5.32 Å². The van der Waals surface area contributed by atoms with Crippen molar-refractivity contribution >= 4 is 15.9 Å². The largest absolute Gasteiger partial charge is 0.314 e. The van der Waals surface area contributed by atoms with Crippen LogP contribution in [0.5, 0.6) is 0 Å². The van der Waals surface area contributed by atoms with Gasteiger partial charge in [-0.25, -0.2) is 0 Å². The number of hydrogen-bond donors (Lipinski definition) is 1. The lowest BCUT2D eigenvalue weighted by atomic mass is 9.76. The molecular formula is C16H22BrN. The van der Waals surface area contributed by atoms with Crippen LogP contribution in [-0.4, -0.2) is 12.6 Å². The van der Waals surface area contributed by atoms with Crippen LogP contribution in [0.3, 0.4) is 0 Å². The normalized spacial score (nSPS) is 32.9. The average Bonchev–Trinajstić information content (AvgIpc) is 2.87. The molecule has 0 radical (unpaired) electrons. The van der Waals surface area contributed by atoms with Gasteiger partial charge >= 0.3 is 0 Å². The Morgan fingerprint density at radius 2 is 1.83 bits per heavy atom. The summed E-state index contributed by atoms with van der Waals surface area (Å²) >= 11 is 3.49. The van der Waals surface area contributed by atoms with Crippen molar-refractivity contribution in [2.45, 2.75) is 45.1 Å². The lowest BCUT2D eigenvalue weighted by molar-refractivity contribution is 0.284. The van der Waals surface area contributed by atoms with E-state index in [1.165, 1.54) is 35.8 Å². The van der Waals surface area contributed by atoms with Gasteiger partial charge in [0, 0.05) is 10.5 Å². The van der Waals surface area contributed by atoms with Crippen LogP contribution >= 0.6 is 15.9 Å². The Bertz CT molecular complexity index is 417. The summed E-state index contributed by atoms with van der Waals surface area (Å²) in [6.07, 6.45) is 4.03. The first kappa shape index (κ1) is 12.7. The van der Waals surface area contributed by atoms with E-state index in [2.05, 4.69) is 59.4 Å². The zero-order chi connectivity index (χ0) is 12.8. The summed E-state index contributed by atoms with van der Waals surface area (Å²) < 4.78 is 1.18. The maximum atomic E-state index is 3.74. The second kappa shape index (κ2) is 4.64. The van der Waals surface area contributed by atoms with Crippen LogP contribution in [0.15, 0.2) is 28.7 Å². The van der Waals surface area contributed by atoms with Crippen LogP contribution in [0.1, 0.15) is 44.6 Å². The third kappa shape index (κ3) is 2.65. The lowest BCUT2D eigenvalue weighted by Crippen LogP contribution is -2.41. The molecule has 0 amide bonds. The van der Waals surface area contributed by atoms with E-state index in [4.69, 9.17) is 0 Å². The molecule has 2 saturated carbocycles. The molecule has 0 heterocycles. The number of hydrogen-bond acceptors (Lipinski definition) is 1. The Hall–Kier alpha value is -0.340. The van der Waals surface area contributed by atoms with Crippen molar-refractivity contribution in [3.63, 3.8) is 0 Å². The quantitative estimate of drug-likeness (QED) is 0.873. The van der Waals surface area contributed by atoms with Crippen molar-refractivity contribution in [3.8, 4) is 0 Å². The Kier molecular flexibility index (Phi) is 3.27. The molecule has 1 aromatic carbocycles. The standard InChI is InChI=1S/C16H22BrN/c1-16(2)9-13(16)10-18-15-7-12(8-15)11-3-5-14(17)6-4-11/h3-6,12-13,15,18H,7-10H2,1-2H3. The zero-order valence-corrected chi connectivity index (χ0v) is 12.8. The molecule has 98 valence electrons. The minimum Gasteiger partial charge on any atom is -0.314 e. The highest BCUT2D eigenvalue weighted by atomic mass is 79.9. The van der Waals surface area contributed by atoms with E-state index in [-0.39, 0.29) is 0 Å². The van der Waals surface area contributed by atoms with Crippen molar-refractivity contribution in [3.05, 3.63) is 34.3 Å². The molecule has 2 fully saturated rings. The van der Waals surface area contributed by atoms with E-state index in [1.54, 1.807) is 0 Å². The Labute approximate surface area is 118 Å². The molecular weight excluding hydrogens is 286 g/mol. The van der Waals surface area contributed by atoms with Crippen LogP contribution in [0, 0.1) is 11.3 Å². The predicted molar refractivity (Wildman–Crippen MR) is 79.8 cm³/mol. The Balaban J connectivity index is 1.42. The number of rotatable bonds is 4. The first-order chi connectivity index (χ1) is 8.54. The molecule has 1 atom stereocenters. The van der Waals surface area contributed by atoms with Gasteiger partial charge in [-0.1, -0.05) is 41.9 Å². The summed E-state index contributed by atoms with van der Waals surface area (Å²) in [4.78, 5) is 0. The zero-order valence-electron chi connectivity index (χ0n) is 11.2. The van der Waals surface area contributed by atoms with Crippen molar-refractivity contribution in [1.29, 1.82) is 0 Å². The van der Waals surface area contributed by atoms with Gasteiger partial charge in [-0.05, 0) is 60.8 Å². The predicted octanol–water partition coefficient (Wildman–Crippen LogP) is 4.33. The van der Waals surface area contributed by atoms with E-state index in [0.29, 0.717) is 5.41 Å². The van der Waals surface area contributed by atoms with E-state index in [0.717, 1.165) is 17.9 Å². The van der Waals surface area contributed by atoms with Crippen molar-refractivity contribution in [2.24, 2.45) is 11.3 Å². The number of nitrogens with one attached hydrogen (secondary N) is 1. The number of halogens is 1. The van der Waals surface area contributed by atoms with Gasteiger partial charge in [0.1, 0.15) is 0 Å². The van der Waals surface area contributed by atoms with Gasteiger partial charge in [0.25, 0.3) is 0 Å². The minimum absolute atomic E-state index is 0.613. The van der Waals surface area contributed by atoms with Crippen LogP contribution in [-0.2, 0) is 0 Å². The fraction of sp³-hybridized carbons (Fsp3) is 0.625. The summed E-state index contributed by atoms with van der Waals surface area (Å²) in [7, 11) is 0. The molecule has 1 nitrogen and oxygen atoms in total. The molecule has 0 aromatic heterocycles. The van der Waals surface area contributed by atoms with Crippen LogP contribution < -0.4 is 5.32 Å². The fourth-order valence-corrected chi connectivity index (χ4v) is 3.29. The maximum absolute atomic E-state index is 3.74. The molecule has 18 heavy (non-hydrogen) atoms. The third-order valence-corrected chi connectivity index (χ3v) is 5.38. The molecule has 0 saturated heterocycles. The summed E-state index contributed by atoms with van der Waals surface area (Å²) in [6, 6.07) is 9.59. The molecule has 2 aliphatic carbocycles. The maximum Gasteiger partial charge on any atom is 0.0175 e. The second-order valence-electron chi connectivity index (χ2n) is 6.71. The first-order valence-corrected chi connectivity index (χ1v) is 7.83. The molecule has 0 aliphatic heterocycles. The molecule has 1 aromatic rings. The molecule has 0 bridgehead atoms. The topological polar surface area (TPSA) is 12.0 Å². The SMILES string of the molecule is CC1(C)CC1CNC1CC(c2ccc(Br)cc2)C1. The fourth-order valence-electron chi connectivity index (χ4n) is 3.03. The second-order valence-corrected chi connectivity index (χ2v) is 7.63. The molecule has 3 rings (SSSR count). The van der Waals surface area contributed by atoms with Crippen LogP contribution in [0.25, 0.3) is 0 Å². The highest BCUT2D eigenvalue weighted by Gasteiger charge is 2.45. The van der Waals surface area contributed by atoms with Gasteiger partial charge in [-0.3, -0.25) is 0 Å². The van der Waals surface area contributed by atoms with Crippen molar-refractivity contribution in [2.75, 3.05) is 6.54 Å². The minimum atomic E-state index is 0.613. The molecule has 1 N–H and O–H groups in total. The van der Waals surface area contributed by atoms with E-state index >= 15 is 0 Å². The lowest BCUT2D eigenvalue weighted by Gasteiger charge is -2.36. The van der Waals surface area contributed by atoms with Gasteiger partial charge < -0.3 is 5.32 Å². The summed E-state index contributed by atoms with van der Waals surface area (Å²) in [6.45, 7) is 5.99. The summed E-state index contributed by atoms with van der Waals surface area (Å²) in [5.41, 5.74) is 2.12. The van der Waals surface area contributed by atoms with Gasteiger partial charge in [0.15, 0.2) is 0 Å². The molecule has 0 spiro atoms. The van der Waals surface area contributed by atoms with Gasteiger partial charge in [-0.2, -0.15) is 0 Å². The van der Waals surface area contributed by atoms with E-state index in [9.17, 15) is 0 Å². The first-order valence-electron chi connectivity index (χ1n) is 7.03. The van der Waals surface area contributed by atoms with Gasteiger partial charge in [-0.15, -0.1) is 0 Å². The summed E-state index contributed by atoms with van der Waals surface area (Å²) in [5, 5.41) is 3.74. The molecule has 2 heteroatoms. The Morgan fingerprint density at radius 3 is 2.39 bits per heavy atom. The summed E-state index contributed by atoms with van der Waals surface area (Å²) in [5.74, 6) is 1.70. The average molecular weight is 308 g/mol. The van der Waals surface area contributed by atoms with Crippen molar-refractivity contribution < 1.29 is 0 Å². The molecule has 1 unspecified atom stereocenters.